The van der Waals surface area contributed by atoms with Gasteiger partial charge >= 0.3 is 12.0 Å². The summed E-state index contributed by atoms with van der Waals surface area (Å²) < 4.78 is 0. The molecular formula is C15H22N2O3S. The molecule has 21 heavy (non-hydrogen) atoms. The highest BCUT2D eigenvalue weighted by Gasteiger charge is 2.32. The van der Waals surface area contributed by atoms with Crippen molar-refractivity contribution < 1.29 is 14.7 Å². The first kappa shape index (κ1) is 15.8. The van der Waals surface area contributed by atoms with Crippen LogP contribution in [0.1, 0.15) is 38.2 Å². The summed E-state index contributed by atoms with van der Waals surface area (Å²) in [6.45, 7) is 2.88. The van der Waals surface area contributed by atoms with Gasteiger partial charge in [0.05, 0.1) is 5.92 Å². The molecule has 2 N–H and O–H groups in total. The summed E-state index contributed by atoms with van der Waals surface area (Å²) in [6.07, 6.45) is 3.43. The lowest BCUT2D eigenvalue weighted by atomic mass is 10.1. The number of amides is 2. The Labute approximate surface area is 129 Å². The number of carbonyl (C=O) groups is 2. The maximum Gasteiger partial charge on any atom is 0.317 e. The summed E-state index contributed by atoms with van der Waals surface area (Å²) in [7, 11) is 0. The van der Waals surface area contributed by atoms with Crippen molar-refractivity contribution in [3.05, 3.63) is 22.4 Å². The number of hydrogen-bond donors (Lipinski definition) is 2. The fourth-order valence-electron chi connectivity index (χ4n) is 2.16. The number of rotatable bonds is 8. The Morgan fingerprint density at radius 3 is 2.86 bits per heavy atom. The van der Waals surface area contributed by atoms with Crippen LogP contribution in [-0.4, -0.2) is 34.6 Å². The number of thiophene rings is 1. The molecule has 0 aliphatic heterocycles. The summed E-state index contributed by atoms with van der Waals surface area (Å²) in [4.78, 5) is 24.8. The van der Waals surface area contributed by atoms with Gasteiger partial charge in [0.15, 0.2) is 0 Å². The molecule has 1 aromatic rings. The van der Waals surface area contributed by atoms with E-state index in [9.17, 15) is 9.59 Å². The molecule has 1 heterocycles. The van der Waals surface area contributed by atoms with Gasteiger partial charge in [-0.05, 0) is 48.1 Å². The lowest BCUT2D eigenvalue weighted by Crippen LogP contribution is -2.41. The second-order valence-electron chi connectivity index (χ2n) is 5.60. The van der Waals surface area contributed by atoms with Crippen LogP contribution in [-0.2, 0) is 11.3 Å². The van der Waals surface area contributed by atoms with Crippen LogP contribution in [0.25, 0.3) is 0 Å². The Kier molecular flexibility index (Phi) is 5.61. The molecule has 5 nitrogen and oxygen atoms in total. The van der Waals surface area contributed by atoms with Gasteiger partial charge in [0.25, 0.3) is 0 Å². The van der Waals surface area contributed by atoms with E-state index in [0.717, 1.165) is 12.8 Å². The third-order valence-corrected chi connectivity index (χ3v) is 4.43. The fourth-order valence-corrected chi connectivity index (χ4v) is 2.82. The van der Waals surface area contributed by atoms with Gasteiger partial charge < -0.3 is 15.3 Å². The topological polar surface area (TPSA) is 69.6 Å². The molecule has 0 bridgehead atoms. The molecule has 1 aromatic heterocycles. The molecule has 1 aliphatic rings. The van der Waals surface area contributed by atoms with Crippen LogP contribution in [0.4, 0.5) is 4.79 Å². The van der Waals surface area contributed by atoms with Gasteiger partial charge in [-0.3, -0.25) is 4.79 Å². The maximum atomic E-state index is 12.2. The SMILES string of the molecule is CC(CCCNC(=O)N(Cc1ccsc1)C1CC1)C(=O)O. The summed E-state index contributed by atoms with van der Waals surface area (Å²) >= 11 is 1.64. The van der Waals surface area contributed by atoms with Crippen molar-refractivity contribution in [2.75, 3.05) is 6.54 Å². The standard InChI is InChI=1S/C15H22N2O3S/c1-11(14(18)19)3-2-7-16-15(20)17(13-4-5-13)9-12-6-8-21-10-12/h6,8,10-11,13H,2-5,7,9H2,1H3,(H,16,20)(H,18,19). The molecule has 1 atom stereocenters. The molecule has 0 saturated heterocycles. The highest BCUT2D eigenvalue weighted by Crippen LogP contribution is 2.28. The Balaban J connectivity index is 1.73. The molecule has 1 aliphatic carbocycles. The molecule has 6 heteroatoms. The van der Waals surface area contributed by atoms with Gasteiger partial charge in [-0.25, -0.2) is 4.79 Å². The number of nitrogens with zero attached hydrogens (tertiary/aromatic N) is 1. The first-order chi connectivity index (χ1) is 10.1. The van der Waals surface area contributed by atoms with E-state index in [1.54, 1.807) is 18.3 Å². The minimum absolute atomic E-state index is 0.0355. The van der Waals surface area contributed by atoms with Crippen molar-refractivity contribution in [3.63, 3.8) is 0 Å². The molecule has 1 fully saturated rings. The highest BCUT2D eigenvalue weighted by molar-refractivity contribution is 7.07. The van der Waals surface area contributed by atoms with Crippen LogP contribution in [0.3, 0.4) is 0 Å². The van der Waals surface area contributed by atoms with Crippen molar-refractivity contribution in [1.82, 2.24) is 10.2 Å². The van der Waals surface area contributed by atoms with Gasteiger partial charge in [0, 0.05) is 19.1 Å². The van der Waals surface area contributed by atoms with E-state index in [-0.39, 0.29) is 11.9 Å². The van der Waals surface area contributed by atoms with Crippen LogP contribution in [0.15, 0.2) is 16.8 Å². The molecule has 1 unspecified atom stereocenters. The average Bonchev–Trinajstić information content (AvgIpc) is 3.16. The lowest BCUT2D eigenvalue weighted by Gasteiger charge is -2.22. The van der Waals surface area contributed by atoms with Crippen molar-refractivity contribution in [2.45, 2.75) is 45.2 Å². The molecule has 0 aromatic carbocycles. The molecule has 2 rings (SSSR count). The maximum absolute atomic E-state index is 12.2. The molecular weight excluding hydrogens is 288 g/mol. The van der Waals surface area contributed by atoms with Gasteiger partial charge in [-0.1, -0.05) is 6.92 Å². The van der Waals surface area contributed by atoms with Crippen LogP contribution in [0, 0.1) is 5.92 Å². The second-order valence-corrected chi connectivity index (χ2v) is 6.38. The first-order valence-electron chi connectivity index (χ1n) is 7.36. The van der Waals surface area contributed by atoms with Gasteiger partial charge in [-0.2, -0.15) is 11.3 Å². The number of carboxylic acid groups (broad SMARTS) is 1. The van der Waals surface area contributed by atoms with E-state index in [1.165, 1.54) is 5.56 Å². The monoisotopic (exact) mass is 310 g/mol. The Bertz CT molecular complexity index is 471. The summed E-state index contributed by atoms with van der Waals surface area (Å²) in [6, 6.07) is 2.37. The number of carbonyl (C=O) groups excluding carboxylic acids is 1. The average molecular weight is 310 g/mol. The molecule has 1 saturated carbocycles. The van der Waals surface area contributed by atoms with E-state index in [4.69, 9.17) is 5.11 Å². The minimum atomic E-state index is -0.779. The second kappa shape index (κ2) is 7.45. The normalized spacial score (nSPS) is 15.5. The predicted octanol–water partition coefficient (Wildman–Crippen LogP) is 2.92. The van der Waals surface area contributed by atoms with E-state index in [1.807, 2.05) is 16.3 Å². The molecule has 116 valence electrons. The first-order valence-corrected chi connectivity index (χ1v) is 8.30. The van der Waals surface area contributed by atoms with E-state index in [2.05, 4.69) is 10.7 Å². The number of hydrogen-bond acceptors (Lipinski definition) is 3. The van der Waals surface area contributed by atoms with Gasteiger partial charge in [-0.15, -0.1) is 0 Å². The van der Waals surface area contributed by atoms with Crippen LogP contribution >= 0.6 is 11.3 Å². The summed E-state index contributed by atoms with van der Waals surface area (Å²) in [5.41, 5.74) is 1.17. The minimum Gasteiger partial charge on any atom is -0.481 e. The van der Waals surface area contributed by atoms with Crippen LogP contribution < -0.4 is 5.32 Å². The fraction of sp³-hybridized carbons (Fsp3) is 0.600. The van der Waals surface area contributed by atoms with Crippen LogP contribution in [0.2, 0.25) is 0 Å². The number of urea groups is 1. The van der Waals surface area contributed by atoms with Gasteiger partial charge in [0.2, 0.25) is 0 Å². The zero-order valence-electron chi connectivity index (χ0n) is 12.2. The zero-order valence-corrected chi connectivity index (χ0v) is 13.1. The smallest absolute Gasteiger partial charge is 0.317 e. The van der Waals surface area contributed by atoms with Crippen LogP contribution in [0.5, 0.6) is 0 Å². The van der Waals surface area contributed by atoms with E-state index >= 15 is 0 Å². The summed E-state index contributed by atoms with van der Waals surface area (Å²) in [5, 5.41) is 15.8. The summed E-state index contributed by atoms with van der Waals surface area (Å²) in [5.74, 6) is -1.13. The Morgan fingerprint density at radius 1 is 1.52 bits per heavy atom. The van der Waals surface area contributed by atoms with Crippen molar-refractivity contribution in [3.8, 4) is 0 Å². The Morgan fingerprint density at radius 2 is 2.29 bits per heavy atom. The van der Waals surface area contributed by atoms with Crippen molar-refractivity contribution >= 4 is 23.3 Å². The van der Waals surface area contributed by atoms with E-state index in [0.29, 0.717) is 32.0 Å². The Hall–Kier alpha value is -1.56. The molecule has 2 amide bonds. The number of nitrogens with one attached hydrogen (secondary N) is 1. The van der Waals surface area contributed by atoms with E-state index < -0.39 is 5.97 Å². The van der Waals surface area contributed by atoms with Crippen molar-refractivity contribution in [1.29, 1.82) is 0 Å². The van der Waals surface area contributed by atoms with Gasteiger partial charge in [0.1, 0.15) is 0 Å². The zero-order chi connectivity index (χ0) is 15.2. The predicted molar refractivity (Wildman–Crippen MR) is 82.3 cm³/mol. The third kappa shape index (κ3) is 5.04. The number of carboxylic acids is 1. The quantitative estimate of drug-likeness (QED) is 0.725. The third-order valence-electron chi connectivity index (χ3n) is 3.69. The molecule has 0 spiro atoms. The largest absolute Gasteiger partial charge is 0.481 e. The number of aliphatic carboxylic acids is 1. The lowest BCUT2D eigenvalue weighted by molar-refractivity contribution is -0.141. The highest BCUT2D eigenvalue weighted by atomic mass is 32.1. The molecule has 0 radical (unpaired) electrons. The van der Waals surface area contributed by atoms with Crippen molar-refractivity contribution in [2.24, 2.45) is 5.92 Å².